The molecule has 0 atom stereocenters. The fraction of sp³-hybridized carbons (Fsp3) is 0.438. The number of amides is 4. The summed E-state index contributed by atoms with van der Waals surface area (Å²) in [6.45, 7) is 1.09. The van der Waals surface area contributed by atoms with E-state index in [0.29, 0.717) is 37.2 Å². The number of rotatable bonds is 3. The molecule has 0 spiro atoms. The average Bonchev–Trinajstić information content (AvgIpc) is 2.93. The predicted octanol–water partition coefficient (Wildman–Crippen LogP) is 0.852. The molecule has 2 aliphatic rings. The number of ether oxygens (including phenoxy) is 1. The van der Waals surface area contributed by atoms with Gasteiger partial charge >= 0.3 is 6.03 Å². The lowest BCUT2D eigenvalue weighted by Crippen LogP contribution is -2.49. The number of para-hydroxylation sites is 1. The molecule has 0 aliphatic carbocycles. The van der Waals surface area contributed by atoms with Crippen molar-refractivity contribution in [3.05, 3.63) is 29.8 Å². The largest absolute Gasteiger partial charge is 0.496 e. The first kappa shape index (κ1) is 15.3. The van der Waals surface area contributed by atoms with E-state index in [1.54, 1.807) is 23.1 Å². The minimum atomic E-state index is -0.329. The van der Waals surface area contributed by atoms with E-state index >= 15 is 0 Å². The quantitative estimate of drug-likeness (QED) is 0.838. The highest BCUT2D eigenvalue weighted by Gasteiger charge is 2.37. The van der Waals surface area contributed by atoms with Crippen LogP contribution in [0.15, 0.2) is 24.3 Å². The summed E-state index contributed by atoms with van der Waals surface area (Å²) in [5, 5.41) is 2.53. The Morgan fingerprint density at radius 3 is 2.52 bits per heavy atom. The Kier molecular flexibility index (Phi) is 4.18. The molecule has 0 radical (unpaired) electrons. The van der Waals surface area contributed by atoms with Gasteiger partial charge in [0.25, 0.3) is 5.91 Å². The van der Waals surface area contributed by atoms with Crippen molar-refractivity contribution in [3.63, 3.8) is 0 Å². The second-order valence-corrected chi connectivity index (χ2v) is 5.65. The summed E-state index contributed by atoms with van der Waals surface area (Å²) >= 11 is 0. The van der Waals surface area contributed by atoms with Gasteiger partial charge in [0.15, 0.2) is 0 Å². The van der Waals surface area contributed by atoms with E-state index in [1.807, 2.05) is 6.07 Å². The minimum Gasteiger partial charge on any atom is -0.496 e. The van der Waals surface area contributed by atoms with Crippen LogP contribution in [0.2, 0.25) is 0 Å². The van der Waals surface area contributed by atoms with Crippen molar-refractivity contribution in [1.82, 2.24) is 15.1 Å². The van der Waals surface area contributed by atoms with Crippen molar-refractivity contribution in [2.75, 3.05) is 26.7 Å². The highest BCUT2D eigenvalue weighted by molar-refractivity contribution is 6.02. The summed E-state index contributed by atoms with van der Waals surface area (Å²) in [5.74, 6) is 0.274. The number of carbonyl (C=O) groups is 3. The van der Waals surface area contributed by atoms with Crippen LogP contribution < -0.4 is 10.1 Å². The van der Waals surface area contributed by atoms with Gasteiger partial charge in [0, 0.05) is 19.1 Å². The van der Waals surface area contributed by atoms with Gasteiger partial charge in [0.1, 0.15) is 5.75 Å². The van der Waals surface area contributed by atoms with E-state index in [0.717, 1.165) is 0 Å². The van der Waals surface area contributed by atoms with Crippen molar-refractivity contribution in [2.24, 2.45) is 0 Å². The summed E-state index contributed by atoms with van der Waals surface area (Å²) in [5.41, 5.74) is 0.531. The van der Waals surface area contributed by atoms with Gasteiger partial charge in [-0.25, -0.2) is 4.79 Å². The number of benzene rings is 1. The molecule has 2 fully saturated rings. The molecule has 122 valence electrons. The lowest BCUT2D eigenvalue weighted by Gasteiger charge is -2.35. The van der Waals surface area contributed by atoms with Gasteiger partial charge in [-0.3, -0.25) is 14.5 Å². The highest BCUT2D eigenvalue weighted by Crippen LogP contribution is 2.24. The predicted molar refractivity (Wildman–Crippen MR) is 82.2 cm³/mol. The molecule has 2 aliphatic heterocycles. The van der Waals surface area contributed by atoms with E-state index < -0.39 is 0 Å². The Hall–Kier alpha value is -2.57. The molecule has 2 saturated heterocycles. The number of piperidine rings is 1. The molecular weight excluding hydrogens is 298 g/mol. The number of hydrogen-bond acceptors (Lipinski definition) is 4. The number of urea groups is 1. The van der Waals surface area contributed by atoms with Gasteiger partial charge in [0.2, 0.25) is 5.91 Å². The highest BCUT2D eigenvalue weighted by atomic mass is 16.5. The molecule has 0 saturated carbocycles. The standard InChI is InChI=1S/C16H19N3O4/c1-23-13-5-3-2-4-12(13)15(21)18-8-6-11(7-9-18)19-14(20)10-17-16(19)22/h2-5,11H,6-10H2,1H3,(H,17,22). The number of nitrogens with one attached hydrogen (secondary N) is 1. The van der Waals surface area contributed by atoms with E-state index in [4.69, 9.17) is 4.74 Å². The Morgan fingerprint density at radius 2 is 1.91 bits per heavy atom. The topological polar surface area (TPSA) is 79.0 Å². The number of likely N-dealkylation sites (tertiary alicyclic amines) is 1. The van der Waals surface area contributed by atoms with Gasteiger partial charge in [-0.15, -0.1) is 0 Å². The Labute approximate surface area is 134 Å². The number of carbonyl (C=O) groups excluding carboxylic acids is 3. The molecule has 3 rings (SSSR count). The van der Waals surface area contributed by atoms with Gasteiger partial charge in [-0.05, 0) is 25.0 Å². The van der Waals surface area contributed by atoms with Crippen molar-refractivity contribution in [2.45, 2.75) is 18.9 Å². The molecule has 4 amide bonds. The fourth-order valence-electron chi connectivity index (χ4n) is 3.12. The molecular formula is C16H19N3O4. The summed E-state index contributed by atoms with van der Waals surface area (Å²) in [7, 11) is 1.54. The third-order valence-corrected chi connectivity index (χ3v) is 4.33. The van der Waals surface area contributed by atoms with Crippen LogP contribution in [-0.4, -0.2) is 60.4 Å². The number of hydrogen-bond donors (Lipinski definition) is 1. The van der Waals surface area contributed by atoms with Crippen LogP contribution in [-0.2, 0) is 4.79 Å². The van der Waals surface area contributed by atoms with E-state index in [2.05, 4.69) is 5.32 Å². The van der Waals surface area contributed by atoms with E-state index in [9.17, 15) is 14.4 Å². The van der Waals surface area contributed by atoms with Crippen LogP contribution in [0, 0.1) is 0 Å². The van der Waals surface area contributed by atoms with Crippen molar-refractivity contribution in [3.8, 4) is 5.75 Å². The Bertz CT molecular complexity index is 622. The van der Waals surface area contributed by atoms with Crippen LogP contribution in [0.1, 0.15) is 23.2 Å². The second kappa shape index (κ2) is 6.28. The SMILES string of the molecule is COc1ccccc1C(=O)N1CCC(N2C(=O)CNC2=O)CC1. The van der Waals surface area contributed by atoms with Crippen molar-refractivity contribution < 1.29 is 19.1 Å². The first-order chi connectivity index (χ1) is 11.1. The lowest BCUT2D eigenvalue weighted by atomic mass is 10.0. The average molecular weight is 317 g/mol. The maximum Gasteiger partial charge on any atom is 0.324 e. The molecule has 0 unspecified atom stereocenters. The molecule has 1 aromatic rings. The maximum atomic E-state index is 12.6. The Balaban J connectivity index is 1.66. The van der Waals surface area contributed by atoms with Crippen LogP contribution in [0.4, 0.5) is 4.79 Å². The van der Waals surface area contributed by atoms with Crippen LogP contribution >= 0.6 is 0 Å². The molecule has 1 aromatic carbocycles. The molecule has 0 aromatic heterocycles. The smallest absolute Gasteiger partial charge is 0.324 e. The number of nitrogens with zero attached hydrogens (tertiary/aromatic N) is 2. The molecule has 2 heterocycles. The monoisotopic (exact) mass is 317 g/mol. The first-order valence-electron chi connectivity index (χ1n) is 7.64. The zero-order chi connectivity index (χ0) is 16.4. The molecule has 7 heteroatoms. The van der Waals surface area contributed by atoms with Crippen LogP contribution in [0.3, 0.4) is 0 Å². The third kappa shape index (κ3) is 2.86. The van der Waals surface area contributed by atoms with Gasteiger partial charge in [-0.2, -0.15) is 0 Å². The number of methoxy groups -OCH3 is 1. The summed E-state index contributed by atoms with van der Waals surface area (Å²) in [6.07, 6.45) is 1.19. The van der Waals surface area contributed by atoms with Gasteiger partial charge < -0.3 is 15.0 Å². The molecule has 23 heavy (non-hydrogen) atoms. The lowest BCUT2D eigenvalue weighted by molar-refractivity contribution is -0.127. The molecule has 0 bridgehead atoms. The maximum absolute atomic E-state index is 12.6. The van der Waals surface area contributed by atoms with Crippen molar-refractivity contribution in [1.29, 1.82) is 0 Å². The normalized spacial score (nSPS) is 19.0. The van der Waals surface area contributed by atoms with Crippen LogP contribution in [0.5, 0.6) is 5.75 Å². The Morgan fingerprint density at radius 1 is 1.22 bits per heavy atom. The zero-order valence-electron chi connectivity index (χ0n) is 12.9. The number of imide groups is 1. The second-order valence-electron chi connectivity index (χ2n) is 5.65. The fourth-order valence-corrected chi connectivity index (χ4v) is 3.12. The molecule has 1 N–H and O–H groups in total. The summed E-state index contributed by atoms with van der Waals surface area (Å²) in [4.78, 5) is 39.1. The van der Waals surface area contributed by atoms with Crippen LogP contribution in [0.25, 0.3) is 0 Å². The van der Waals surface area contributed by atoms with Gasteiger partial charge in [-0.1, -0.05) is 12.1 Å². The zero-order valence-corrected chi connectivity index (χ0v) is 12.9. The third-order valence-electron chi connectivity index (χ3n) is 4.33. The van der Waals surface area contributed by atoms with Gasteiger partial charge in [0.05, 0.1) is 19.2 Å². The molecule has 7 nitrogen and oxygen atoms in total. The van der Waals surface area contributed by atoms with Crippen molar-refractivity contribution >= 4 is 17.8 Å². The summed E-state index contributed by atoms with van der Waals surface area (Å²) < 4.78 is 5.23. The van der Waals surface area contributed by atoms with E-state index in [1.165, 1.54) is 12.0 Å². The summed E-state index contributed by atoms with van der Waals surface area (Å²) in [6, 6.07) is 6.66. The first-order valence-corrected chi connectivity index (χ1v) is 7.64. The minimum absolute atomic E-state index is 0.0686. The van der Waals surface area contributed by atoms with E-state index in [-0.39, 0.29) is 30.4 Å².